The quantitative estimate of drug-likeness (QED) is 0.595. The first-order valence-electron chi connectivity index (χ1n) is 5.75. The lowest BCUT2D eigenvalue weighted by atomic mass is 10.1. The summed E-state index contributed by atoms with van der Waals surface area (Å²) in [5.74, 6) is -0.291. The van der Waals surface area contributed by atoms with Gasteiger partial charge in [-0.3, -0.25) is 14.9 Å². The van der Waals surface area contributed by atoms with Gasteiger partial charge >= 0.3 is 0 Å². The summed E-state index contributed by atoms with van der Waals surface area (Å²) in [4.78, 5) is 21.9. The second-order valence-electron chi connectivity index (χ2n) is 4.10. The third-order valence-corrected chi connectivity index (χ3v) is 2.72. The van der Waals surface area contributed by atoms with Crippen molar-refractivity contribution in [3.63, 3.8) is 0 Å². The minimum absolute atomic E-state index is 0.0667. The number of methoxy groups -OCH3 is 1. The number of carbonyl (C=O) groups is 1. The number of non-ortho nitro benzene ring substituents is 1. The highest BCUT2D eigenvalue weighted by Crippen LogP contribution is 2.22. The summed E-state index contributed by atoms with van der Waals surface area (Å²) in [6, 6.07) is 4.31. The van der Waals surface area contributed by atoms with Gasteiger partial charge < -0.3 is 15.8 Å². The summed E-state index contributed by atoms with van der Waals surface area (Å²) in [6.07, 6.45) is -0.256. The summed E-state index contributed by atoms with van der Waals surface area (Å²) < 4.78 is 5.01. The van der Waals surface area contributed by atoms with Crippen LogP contribution in [0.1, 0.15) is 12.0 Å². The lowest BCUT2D eigenvalue weighted by Crippen LogP contribution is -2.28. The van der Waals surface area contributed by atoms with E-state index in [9.17, 15) is 14.9 Å². The van der Waals surface area contributed by atoms with Crippen molar-refractivity contribution < 1.29 is 14.5 Å². The molecule has 104 valence electrons. The molecule has 7 nitrogen and oxygen atoms in total. The highest BCUT2D eigenvalue weighted by molar-refractivity contribution is 5.92. The Kier molecular flexibility index (Phi) is 5.40. The van der Waals surface area contributed by atoms with Gasteiger partial charge in [0.15, 0.2) is 0 Å². The van der Waals surface area contributed by atoms with E-state index in [-0.39, 0.29) is 30.7 Å². The molecule has 0 aromatic heterocycles. The Morgan fingerprint density at radius 2 is 2.26 bits per heavy atom. The molecule has 0 aliphatic carbocycles. The third-order valence-electron chi connectivity index (χ3n) is 2.72. The van der Waals surface area contributed by atoms with Crippen LogP contribution in [0.4, 0.5) is 11.4 Å². The maximum Gasteiger partial charge on any atom is 0.271 e. The fourth-order valence-electron chi connectivity index (χ4n) is 1.53. The number of nitrogens with two attached hydrogens (primary N) is 1. The van der Waals surface area contributed by atoms with Crippen molar-refractivity contribution >= 4 is 17.3 Å². The van der Waals surface area contributed by atoms with Crippen molar-refractivity contribution in [2.24, 2.45) is 5.73 Å². The van der Waals surface area contributed by atoms with Gasteiger partial charge in [-0.05, 0) is 12.5 Å². The Labute approximate surface area is 110 Å². The molecule has 1 aromatic rings. The van der Waals surface area contributed by atoms with E-state index in [4.69, 9.17) is 10.5 Å². The van der Waals surface area contributed by atoms with Crippen LogP contribution in [0.5, 0.6) is 0 Å². The molecule has 0 aliphatic rings. The molecule has 1 unspecified atom stereocenters. The fourth-order valence-corrected chi connectivity index (χ4v) is 1.53. The summed E-state index contributed by atoms with van der Waals surface area (Å²) in [5.41, 5.74) is 6.53. The monoisotopic (exact) mass is 267 g/mol. The SMILES string of the molecule is COC(CN)CC(=O)Nc1cc([N+](=O)[O-])ccc1C. The van der Waals surface area contributed by atoms with Crippen LogP contribution in [0.2, 0.25) is 0 Å². The summed E-state index contributed by atoms with van der Waals surface area (Å²) in [7, 11) is 1.48. The summed E-state index contributed by atoms with van der Waals surface area (Å²) >= 11 is 0. The van der Waals surface area contributed by atoms with E-state index in [2.05, 4.69) is 5.32 Å². The molecule has 1 amide bonds. The van der Waals surface area contributed by atoms with Gasteiger partial charge in [-0.1, -0.05) is 6.07 Å². The van der Waals surface area contributed by atoms with E-state index in [1.165, 1.54) is 19.2 Å². The smallest absolute Gasteiger partial charge is 0.271 e. The number of rotatable bonds is 6. The Bertz CT molecular complexity index is 472. The first-order chi connectivity index (χ1) is 8.97. The van der Waals surface area contributed by atoms with Gasteiger partial charge in [0.1, 0.15) is 0 Å². The maximum atomic E-state index is 11.8. The Morgan fingerprint density at radius 1 is 1.58 bits per heavy atom. The molecule has 0 heterocycles. The van der Waals surface area contributed by atoms with Gasteiger partial charge in [-0.15, -0.1) is 0 Å². The van der Waals surface area contributed by atoms with Gasteiger partial charge in [-0.25, -0.2) is 0 Å². The van der Waals surface area contributed by atoms with Gasteiger partial charge in [0, 0.05) is 25.8 Å². The highest BCUT2D eigenvalue weighted by Gasteiger charge is 2.14. The summed E-state index contributed by atoms with van der Waals surface area (Å²) in [5, 5.41) is 13.3. The summed E-state index contributed by atoms with van der Waals surface area (Å²) in [6.45, 7) is 1.99. The highest BCUT2D eigenvalue weighted by atomic mass is 16.6. The molecule has 0 saturated heterocycles. The number of hydrogen-bond donors (Lipinski definition) is 2. The number of benzene rings is 1. The third kappa shape index (κ3) is 4.31. The van der Waals surface area contributed by atoms with Gasteiger partial charge in [0.25, 0.3) is 5.69 Å². The lowest BCUT2D eigenvalue weighted by Gasteiger charge is -2.13. The van der Waals surface area contributed by atoms with Crippen molar-refractivity contribution in [3.05, 3.63) is 33.9 Å². The van der Waals surface area contributed by atoms with E-state index in [1.807, 2.05) is 0 Å². The standard InChI is InChI=1S/C12H17N3O4/c1-8-3-4-9(15(17)18)5-11(8)14-12(16)6-10(7-13)19-2/h3-5,10H,6-7,13H2,1-2H3,(H,14,16). The van der Waals surface area contributed by atoms with Crippen LogP contribution in [0.3, 0.4) is 0 Å². The molecule has 0 bridgehead atoms. The number of ether oxygens (including phenoxy) is 1. The Morgan fingerprint density at radius 3 is 2.79 bits per heavy atom. The molecule has 0 spiro atoms. The number of nitrogens with zero attached hydrogens (tertiary/aromatic N) is 1. The Balaban J connectivity index is 2.78. The molecule has 7 heteroatoms. The molecule has 3 N–H and O–H groups in total. The number of aryl methyl sites for hydroxylation is 1. The maximum absolute atomic E-state index is 11.8. The minimum Gasteiger partial charge on any atom is -0.380 e. The normalized spacial score (nSPS) is 11.9. The predicted molar refractivity (Wildman–Crippen MR) is 70.9 cm³/mol. The molecule has 0 saturated carbocycles. The molecule has 19 heavy (non-hydrogen) atoms. The number of hydrogen-bond acceptors (Lipinski definition) is 5. The number of nitro groups is 1. The van der Waals surface area contributed by atoms with Crippen LogP contribution in [-0.2, 0) is 9.53 Å². The zero-order chi connectivity index (χ0) is 14.4. The molecule has 0 radical (unpaired) electrons. The van der Waals surface area contributed by atoms with Gasteiger partial charge in [-0.2, -0.15) is 0 Å². The van der Waals surface area contributed by atoms with E-state index in [0.717, 1.165) is 5.56 Å². The topological polar surface area (TPSA) is 107 Å². The molecule has 0 aliphatic heterocycles. The molecule has 1 atom stereocenters. The average molecular weight is 267 g/mol. The number of carbonyl (C=O) groups excluding carboxylic acids is 1. The molecule has 1 aromatic carbocycles. The molecular formula is C12H17N3O4. The average Bonchev–Trinajstić information content (AvgIpc) is 2.38. The number of amides is 1. The Hall–Kier alpha value is -1.99. The van der Waals surface area contributed by atoms with E-state index < -0.39 is 4.92 Å². The van der Waals surface area contributed by atoms with Crippen molar-refractivity contribution in [1.29, 1.82) is 0 Å². The first-order valence-corrected chi connectivity index (χ1v) is 5.75. The van der Waals surface area contributed by atoms with Crippen molar-refractivity contribution in [1.82, 2.24) is 0 Å². The predicted octanol–water partition coefficient (Wildman–Crippen LogP) is 1.21. The van der Waals surface area contributed by atoms with Crippen LogP contribution in [0, 0.1) is 17.0 Å². The molecule has 0 fully saturated rings. The molecular weight excluding hydrogens is 250 g/mol. The van der Waals surface area contributed by atoms with Crippen molar-refractivity contribution in [2.75, 3.05) is 19.0 Å². The minimum atomic E-state index is -0.507. The van der Waals surface area contributed by atoms with Gasteiger partial charge in [0.05, 0.1) is 23.1 Å². The second-order valence-corrected chi connectivity index (χ2v) is 4.10. The largest absolute Gasteiger partial charge is 0.380 e. The van der Waals surface area contributed by atoms with E-state index in [1.54, 1.807) is 13.0 Å². The van der Waals surface area contributed by atoms with Crippen molar-refractivity contribution in [2.45, 2.75) is 19.4 Å². The number of anilines is 1. The van der Waals surface area contributed by atoms with Crippen LogP contribution in [-0.4, -0.2) is 30.6 Å². The fraction of sp³-hybridized carbons (Fsp3) is 0.417. The second kappa shape index (κ2) is 6.81. The van der Waals surface area contributed by atoms with Crippen LogP contribution in [0.25, 0.3) is 0 Å². The zero-order valence-electron chi connectivity index (χ0n) is 10.9. The molecule has 1 rings (SSSR count). The van der Waals surface area contributed by atoms with Crippen LogP contribution in [0.15, 0.2) is 18.2 Å². The van der Waals surface area contributed by atoms with Crippen LogP contribution < -0.4 is 11.1 Å². The van der Waals surface area contributed by atoms with Gasteiger partial charge in [0.2, 0.25) is 5.91 Å². The van der Waals surface area contributed by atoms with Crippen LogP contribution >= 0.6 is 0 Å². The number of nitrogens with one attached hydrogen (secondary N) is 1. The lowest BCUT2D eigenvalue weighted by molar-refractivity contribution is -0.384. The first kappa shape index (κ1) is 15.1. The van der Waals surface area contributed by atoms with E-state index >= 15 is 0 Å². The number of nitro benzene ring substituents is 1. The zero-order valence-corrected chi connectivity index (χ0v) is 10.9. The van der Waals surface area contributed by atoms with E-state index in [0.29, 0.717) is 5.69 Å². The van der Waals surface area contributed by atoms with Crippen molar-refractivity contribution in [3.8, 4) is 0 Å².